The van der Waals surface area contributed by atoms with Crippen LogP contribution < -0.4 is 11.4 Å². The number of aliphatic hydroxyl groups is 2. The first kappa shape index (κ1) is 64.9. The van der Waals surface area contributed by atoms with Gasteiger partial charge < -0.3 is 44.7 Å². The molecule has 1 aromatic heterocycles. The van der Waals surface area contributed by atoms with Crippen LogP contribution in [-0.2, 0) is 51.0 Å². The standard InChI is InChI=1S/C54H83N3O16P2/c1-3-5-7-9-11-13-15-17-18-19-20-21-22-23-25-27-29-31-33-37-49(58)67-41-44(70-50(59)38-34-36-46-45(71-46)35-32-30-28-26-24-16-14-12-10-8-6-4-2)42-68-74(63,64)73-75(65,66)69-43-47-51(60)52(61)53(72-47)57-40-39-48(55)56-54(57)62/h5,7,11-14,17-18,20-21,23-26,30,32,39-40,44-47,51-53,60-61H,3-4,6,8-10,15-16,19,22,27-29,31,33-38,41-43H2,1-2H3,(H,63,64)(H,65,66)(H2,55,56,62)/b7-5-,13-11-,14-12-,18-17-,21-20-,25-23-,26-24-,32-30-/t44-,45?,46?,47-,51-,52-,53-/m1/s1. The summed E-state index contributed by atoms with van der Waals surface area (Å²) in [5.41, 5.74) is 4.58. The van der Waals surface area contributed by atoms with Gasteiger partial charge in [0.15, 0.2) is 12.3 Å². The fourth-order valence-electron chi connectivity index (χ4n) is 7.43. The molecule has 0 saturated carbocycles. The molecule has 0 amide bonds. The number of hydrogen-bond donors (Lipinski definition) is 5. The molecular formula is C54H83N3O16P2. The molecule has 2 saturated heterocycles. The molecule has 21 heteroatoms. The highest BCUT2D eigenvalue weighted by Crippen LogP contribution is 2.60. The van der Waals surface area contributed by atoms with E-state index in [1.165, 1.54) is 25.3 Å². The monoisotopic (exact) mass is 1090 g/mol. The van der Waals surface area contributed by atoms with Crippen molar-refractivity contribution in [2.45, 2.75) is 185 Å². The van der Waals surface area contributed by atoms with E-state index in [9.17, 15) is 43.5 Å². The van der Waals surface area contributed by atoms with Crippen LogP contribution in [0.3, 0.4) is 0 Å². The normalized spacial score (nSPS) is 22.3. The number of carbonyl (C=O) groups is 2. The number of nitrogens with two attached hydrogens (primary N) is 1. The molecule has 2 aliphatic heterocycles. The number of epoxide rings is 1. The summed E-state index contributed by atoms with van der Waals surface area (Å²) in [7, 11) is -10.9. The van der Waals surface area contributed by atoms with Crippen molar-refractivity contribution in [1.82, 2.24) is 9.55 Å². The SMILES string of the molecule is CC/C=C\C/C=C\C/C=C\C/C=C\C/C=C\CCCCCC(=O)OC[C@H](COP(=O)(O)OP(=O)(O)OC[C@H]1O[C@@H](n2ccc(N)nc2=O)[C@H](O)[C@@H]1O)OC(=O)CCCC1OC1C/C=C\C/C=C\C/C=C\CCCCC. The number of aromatic nitrogens is 2. The zero-order chi connectivity index (χ0) is 54.6. The molecule has 0 aliphatic carbocycles. The topological polar surface area (TPSA) is 278 Å². The molecule has 3 rings (SSSR count). The fraction of sp³-hybridized carbons (Fsp3) is 0.593. The molecule has 3 heterocycles. The number of anilines is 1. The van der Waals surface area contributed by atoms with Gasteiger partial charge in [-0.2, -0.15) is 9.29 Å². The van der Waals surface area contributed by atoms with Gasteiger partial charge in [-0.25, -0.2) is 13.9 Å². The molecule has 0 bridgehead atoms. The first-order valence-corrected chi connectivity index (χ1v) is 29.4. The number of phosphoric acid groups is 2. The van der Waals surface area contributed by atoms with Crippen molar-refractivity contribution in [3.63, 3.8) is 0 Å². The molecular weight excluding hydrogens is 1010 g/mol. The number of esters is 2. The molecule has 0 aromatic carbocycles. The van der Waals surface area contributed by atoms with Gasteiger partial charge in [-0.3, -0.25) is 23.2 Å². The Bertz CT molecular complexity index is 2210. The molecule has 0 radical (unpaired) electrons. The Hall–Kier alpha value is -4.36. The molecule has 9 atom stereocenters. The van der Waals surface area contributed by atoms with E-state index >= 15 is 0 Å². The second-order valence-corrected chi connectivity index (χ2v) is 21.1. The Morgan fingerprint density at radius 1 is 0.680 bits per heavy atom. The number of rotatable bonds is 41. The second-order valence-electron chi connectivity index (χ2n) is 18.0. The molecule has 75 heavy (non-hydrogen) atoms. The highest BCUT2D eigenvalue weighted by atomic mass is 31.3. The molecule has 0 spiro atoms. The Balaban J connectivity index is 1.42. The molecule has 420 valence electrons. The van der Waals surface area contributed by atoms with Gasteiger partial charge in [-0.05, 0) is 102 Å². The van der Waals surface area contributed by atoms with E-state index in [0.717, 1.165) is 87.8 Å². The summed E-state index contributed by atoms with van der Waals surface area (Å²) in [5.74, 6) is -1.43. The lowest BCUT2D eigenvalue weighted by Crippen LogP contribution is -2.36. The van der Waals surface area contributed by atoms with Crippen molar-refractivity contribution < 1.29 is 71.0 Å². The van der Waals surface area contributed by atoms with Gasteiger partial charge in [-0.1, -0.05) is 130 Å². The predicted molar refractivity (Wildman–Crippen MR) is 288 cm³/mol. The third-order valence-electron chi connectivity index (χ3n) is 11.6. The number of nitrogen functional groups attached to an aromatic ring is 1. The van der Waals surface area contributed by atoms with Gasteiger partial charge >= 0.3 is 33.3 Å². The number of carbonyl (C=O) groups excluding carboxylic acids is 2. The molecule has 4 unspecified atom stereocenters. The number of aliphatic hydroxyl groups excluding tert-OH is 2. The van der Waals surface area contributed by atoms with Crippen molar-refractivity contribution in [3.8, 4) is 0 Å². The van der Waals surface area contributed by atoms with E-state index in [4.69, 9.17) is 33.7 Å². The summed E-state index contributed by atoms with van der Waals surface area (Å²) in [6, 6.07) is 1.24. The summed E-state index contributed by atoms with van der Waals surface area (Å²) in [5, 5.41) is 20.9. The van der Waals surface area contributed by atoms with E-state index < -0.39 is 83.7 Å². The van der Waals surface area contributed by atoms with Gasteiger partial charge in [0.05, 0.1) is 25.4 Å². The number of hydrogen-bond acceptors (Lipinski definition) is 16. The average Bonchev–Trinajstić information content (AvgIpc) is 4.06. The van der Waals surface area contributed by atoms with E-state index in [0.29, 0.717) is 19.3 Å². The van der Waals surface area contributed by atoms with E-state index in [1.54, 1.807) is 0 Å². The van der Waals surface area contributed by atoms with Crippen LogP contribution in [0.25, 0.3) is 0 Å². The fourth-order valence-corrected chi connectivity index (χ4v) is 9.54. The molecule has 19 nitrogen and oxygen atoms in total. The van der Waals surface area contributed by atoms with Crippen LogP contribution in [0, 0.1) is 0 Å². The minimum Gasteiger partial charge on any atom is -0.462 e. The van der Waals surface area contributed by atoms with Crippen molar-refractivity contribution in [2.75, 3.05) is 25.6 Å². The van der Waals surface area contributed by atoms with Crippen LogP contribution in [-0.4, -0.2) is 97.9 Å². The highest BCUT2D eigenvalue weighted by Gasteiger charge is 2.46. The van der Waals surface area contributed by atoms with Gasteiger partial charge in [0.1, 0.15) is 30.7 Å². The van der Waals surface area contributed by atoms with E-state index in [2.05, 4.69) is 120 Å². The third kappa shape index (κ3) is 30.2. The summed E-state index contributed by atoms with van der Waals surface area (Å²) in [6.07, 6.45) is 43.5. The lowest BCUT2D eigenvalue weighted by atomic mass is 10.1. The number of nitrogens with zero attached hydrogens (tertiary/aromatic N) is 2. The smallest absolute Gasteiger partial charge is 0.462 e. The van der Waals surface area contributed by atoms with Crippen LogP contribution in [0.2, 0.25) is 0 Å². The van der Waals surface area contributed by atoms with Crippen LogP contribution in [0.4, 0.5) is 5.82 Å². The molecule has 1 aromatic rings. The zero-order valence-corrected chi connectivity index (χ0v) is 45.5. The van der Waals surface area contributed by atoms with Gasteiger partial charge in [0.2, 0.25) is 0 Å². The number of phosphoric ester groups is 2. The van der Waals surface area contributed by atoms with Gasteiger partial charge in [0, 0.05) is 19.0 Å². The maximum atomic E-state index is 13.0. The summed E-state index contributed by atoms with van der Waals surface area (Å²) < 4.78 is 62.6. The van der Waals surface area contributed by atoms with Crippen LogP contribution in [0.15, 0.2) is 114 Å². The highest BCUT2D eigenvalue weighted by molar-refractivity contribution is 7.61. The maximum absolute atomic E-state index is 13.0. The lowest BCUT2D eigenvalue weighted by Gasteiger charge is -2.21. The van der Waals surface area contributed by atoms with Crippen molar-refractivity contribution in [3.05, 3.63) is 120 Å². The number of allylic oxidation sites excluding steroid dienone is 15. The minimum atomic E-state index is -5.46. The second kappa shape index (κ2) is 38.2. The molecule has 6 N–H and O–H groups in total. The molecule has 2 fully saturated rings. The Morgan fingerprint density at radius 3 is 1.84 bits per heavy atom. The first-order chi connectivity index (χ1) is 36.1. The summed E-state index contributed by atoms with van der Waals surface area (Å²) in [6.45, 7) is 1.90. The van der Waals surface area contributed by atoms with E-state index in [-0.39, 0.29) is 30.9 Å². The Labute approximate surface area is 443 Å². The van der Waals surface area contributed by atoms with E-state index in [1.807, 2.05) is 0 Å². The average molecular weight is 1090 g/mol. The van der Waals surface area contributed by atoms with Crippen LogP contribution >= 0.6 is 15.6 Å². The zero-order valence-electron chi connectivity index (χ0n) is 43.8. The first-order valence-electron chi connectivity index (χ1n) is 26.4. The lowest BCUT2D eigenvalue weighted by molar-refractivity contribution is -0.161. The number of ether oxygens (including phenoxy) is 4. The maximum Gasteiger partial charge on any atom is 0.481 e. The van der Waals surface area contributed by atoms with Crippen LogP contribution in [0.1, 0.15) is 148 Å². The Morgan fingerprint density at radius 2 is 1.24 bits per heavy atom. The van der Waals surface area contributed by atoms with Crippen molar-refractivity contribution in [2.24, 2.45) is 0 Å². The quantitative estimate of drug-likeness (QED) is 0.0134. The third-order valence-corrected chi connectivity index (χ3v) is 14.2. The van der Waals surface area contributed by atoms with Crippen molar-refractivity contribution >= 4 is 33.4 Å². The molecule has 2 aliphatic rings. The predicted octanol–water partition coefficient (Wildman–Crippen LogP) is 10.2. The van der Waals surface area contributed by atoms with Gasteiger partial charge in [0.25, 0.3) is 0 Å². The van der Waals surface area contributed by atoms with Crippen molar-refractivity contribution in [1.29, 1.82) is 0 Å². The Kier molecular flexibility index (Phi) is 33.1. The van der Waals surface area contributed by atoms with Gasteiger partial charge in [-0.15, -0.1) is 0 Å². The summed E-state index contributed by atoms with van der Waals surface area (Å²) >= 11 is 0. The minimum absolute atomic E-state index is 0.0163. The number of unbranched alkanes of at least 4 members (excludes halogenated alkanes) is 6. The summed E-state index contributed by atoms with van der Waals surface area (Å²) in [4.78, 5) is 62.1. The largest absolute Gasteiger partial charge is 0.481 e. The van der Waals surface area contributed by atoms with Crippen LogP contribution in [0.5, 0.6) is 0 Å².